The van der Waals surface area contributed by atoms with E-state index in [1.807, 2.05) is 6.07 Å². The second-order valence-corrected chi connectivity index (χ2v) is 2.92. The lowest BCUT2D eigenvalue weighted by Gasteiger charge is -2.00. The van der Waals surface area contributed by atoms with Crippen molar-refractivity contribution >= 4 is 6.08 Å². The maximum atomic E-state index is 11.8. The van der Waals surface area contributed by atoms with E-state index in [0.29, 0.717) is 11.1 Å². The van der Waals surface area contributed by atoms with Gasteiger partial charge in [0, 0.05) is 0 Å². The quantitative estimate of drug-likeness (QED) is 0.734. The Balaban J connectivity index is 2.77. The minimum absolute atomic E-state index is 0.371. The maximum absolute atomic E-state index is 11.8. The Bertz CT molecular complexity index is 399. The molecule has 0 aliphatic rings. The molecule has 4 heteroatoms. The number of benzene rings is 1. The van der Waals surface area contributed by atoms with Crippen LogP contribution in [0, 0.1) is 11.3 Å². The molecule has 0 atom stereocenters. The van der Waals surface area contributed by atoms with E-state index in [4.69, 9.17) is 5.26 Å². The van der Waals surface area contributed by atoms with Gasteiger partial charge in [-0.15, -0.1) is 0 Å². The van der Waals surface area contributed by atoms with Crippen molar-refractivity contribution in [2.75, 3.05) is 0 Å². The number of hydrogen-bond acceptors (Lipinski definition) is 1. The van der Waals surface area contributed by atoms with Crippen molar-refractivity contribution in [2.45, 2.75) is 12.6 Å². The van der Waals surface area contributed by atoms with Crippen LogP contribution in [0.25, 0.3) is 6.08 Å². The van der Waals surface area contributed by atoms with Crippen LogP contribution in [-0.2, 0) is 0 Å². The predicted octanol–water partition coefficient (Wildman–Crippen LogP) is 3.52. The smallest absolute Gasteiger partial charge is 0.192 e. The monoisotopic (exact) mass is 211 g/mol. The molecule has 78 valence electrons. The summed E-state index contributed by atoms with van der Waals surface area (Å²) < 4.78 is 35.5. The largest absolute Gasteiger partial charge is 0.392 e. The second kappa shape index (κ2) is 4.65. The minimum Gasteiger partial charge on any atom is -0.192 e. The zero-order valence-electron chi connectivity index (χ0n) is 7.75. The van der Waals surface area contributed by atoms with Gasteiger partial charge in [-0.05, 0) is 11.6 Å². The highest BCUT2D eigenvalue weighted by molar-refractivity contribution is 5.57. The van der Waals surface area contributed by atoms with Gasteiger partial charge in [0.2, 0.25) is 0 Å². The summed E-state index contributed by atoms with van der Waals surface area (Å²) in [5, 5.41) is 8.67. The van der Waals surface area contributed by atoms with Crippen LogP contribution in [-0.4, -0.2) is 6.18 Å². The van der Waals surface area contributed by atoms with E-state index in [1.54, 1.807) is 24.3 Å². The minimum atomic E-state index is -4.20. The molecule has 0 bridgehead atoms. The van der Waals surface area contributed by atoms with E-state index < -0.39 is 12.6 Å². The third-order valence-electron chi connectivity index (χ3n) is 1.73. The first-order valence-electron chi connectivity index (χ1n) is 4.25. The molecule has 0 spiro atoms. The van der Waals surface area contributed by atoms with E-state index in [0.717, 1.165) is 6.08 Å². The van der Waals surface area contributed by atoms with Crippen molar-refractivity contribution in [3.05, 3.63) is 41.5 Å². The lowest BCUT2D eigenvalue weighted by molar-refractivity contribution is -0.124. The van der Waals surface area contributed by atoms with Gasteiger partial charge in [0.15, 0.2) is 0 Å². The highest BCUT2D eigenvalue weighted by Crippen LogP contribution is 2.20. The zero-order valence-corrected chi connectivity index (χ0v) is 7.75. The van der Waals surface area contributed by atoms with Crippen molar-refractivity contribution in [2.24, 2.45) is 0 Å². The summed E-state index contributed by atoms with van der Waals surface area (Å²) >= 11 is 0. The molecule has 0 saturated carbocycles. The molecule has 0 saturated heterocycles. The molecule has 0 N–H and O–H groups in total. The third-order valence-corrected chi connectivity index (χ3v) is 1.73. The summed E-state index contributed by atoms with van der Waals surface area (Å²) in [6.07, 6.45) is -2.85. The first kappa shape index (κ1) is 11.3. The van der Waals surface area contributed by atoms with Crippen LogP contribution in [0.15, 0.2) is 30.3 Å². The number of hydrogen-bond donors (Lipinski definition) is 0. The Morgan fingerprint density at radius 2 is 1.93 bits per heavy atom. The molecule has 1 rings (SSSR count). The van der Waals surface area contributed by atoms with Gasteiger partial charge in [-0.2, -0.15) is 18.4 Å². The van der Waals surface area contributed by atoms with Crippen LogP contribution >= 0.6 is 0 Å². The molecule has 0 heterocycles. The fourth-order valence-electron chi connectivity index (χ4n) is 1.06. The average molecular weight is 211 g/mol. The Hall–Kier alpha value is -1.76. The zero-order chi connectivity index (χ0) is 11.3. The SMILES string of the molecule is N#Cc1ccccc1C=CCC(F)(F)F. The molecule has 0 fully saturated rings. The standard InChI is InChI=1S/C11H8F3N/c12-11(13,14)7-3-6-9-4-1-2-5-10(9)8-15/h1-6H,7H2. The number of nitrogens with zero attached hydrogens (tertiary/aromatic N) is 1. The van der Waals surface area contributed by atoms with E-state index in [-0.39, 0.29) is 0 Å². The third kappa shape index (κ3) is 3.86. The Labute approximate surface area is 85.5 Å². The highest BCUT2D eigenvalue weighted by atomic mass is 19.4. The average Bonchev–Trinajstić information content (AvgIpc) is 2.16. The molecule has 1 nitrogen and oxygen atoms in total. The van der Waals surface area contributed by atoms with Crippen LogP contribution in [0.5, 0.6) is 0 Å². The van der Waals surface area contributed by atoms with Gasteiger partial charge in [-0.3, -0.25) is 0 Å². The number of rotatable bonds is 2. The Morgan fingerprint density at radius 1 is 1.27 bits per heavy atom. The number of alkyl halides is 3. The summed E-state index contributed by atoms with van der Waals surface area (Å²) in [6.45, 7) is 0. The summed E-state index contributed by atoms with van der Waals surface area (Å²) in [5.41, 5.74) is 0.875. The second-order valence-electron chi connectivity index (χ2n) is 2.92. The molecule has 0 amide bonds. The molecule has 0 aliphatic heterocycles. The maximum Gasteiger partial charge on any atom is 0.392 e. The summed E-state index contributed by atoms with van der Waals surface area (Å²) in [4.78, 5) is 0. The molecular weight excluding hydrogens is 203 g/mol. The van der Waals surface area contributed by atoms with Crippen LogP contribution in [0.4, 0.5) is 13.2 Å². The first-order chi connectivity index (χ1) is 7.03. The van der Waals surface area contributed by atoms with E-state index in [9.17, 15) is 13.2 Å². The van der Waals surface area contributed by atoms with Gasteiger partial charge < -0.3 is 0 Å². The topological polar surface area (TPSA) is 23.8 Å². The Morgan fingerprint density at radius 3 is 2.53 bits per heavy atom. The van der Waals surface area contributed by atoms with E-state index in [1.165, 1.54) is 6.08 Å². The van der Waals surface area contributed by atoms with Crippen LogP contribution in [0.1, 0.15) is 17.5 Å². The van der Waals surface area contributed by atoms with Crippen molar-refractivity contribution in [3.8, 4) is 6.07 Å². The van der Waals surface area contributed by atoms with Gasteiger partial charge in [-0.1, -0.05) is 30.4 Å². The molecule has 1 aromatic carbocycles. The van der Waals surface area contributed by atoms with E-state index in [2.05, 4.69) is 0 Å². The number of nitriles is 1. The van der Waals surface area contributed by atoms with Crippen molar-refractivity contribution in [1.29, 1.82) is 5.26 Å². The lowest BCUT2D eigenvalue weighted by atomic mass is 10.1. The van der Waals surface area contributed by atoms with Crippen LogP contribution < -0.4 is 0 Å². The molecule has 0 aliphatic carbocycles. The molecule has 1 aromatic rings. The number of allylic oxidation sites excluding steroid dienone is 1. The summed E-state index contributed by atoms with van der Waals surface area (Å²) in [5.74, 6) is 0. The fraction of sp³-hybridized carbons (Fsp3) is 0.182. The van der Waals surface area contributed by atoms with Gasteiger partial charge in [0.1, 0.15) is 0 Å². The van der Waals surface area contributed by atoms with Gasteiger partial charge in [0.05, 0.1) is 18.1 Å². The summed E-state index contributed by atoms with van der Waals surface area (Å²) in [7, 11) is 0. The van der Waals surface area contributed by atoms with Gasteiger partial charge in [-0.25, -0.2) is 0 Å². The van der Waals surface area contributed by atoms with Crippen molar-refractivity contribution in [3.63, 3.8) is 0 Å². The first-order valence-corrected chi connectivity index (χ1v) is 4.25. The predicted molar refractivity (Wildman–Crippen MR) is 50.9 cm³/mol. The molecule has 0 unspecified atom stereocenters. The normalized spacial score (nSPS) is 11.6. The van der Waals surface area contributed by atoms with Gasteiger partial charge >= 0.3 is 6.18 Å². The highest BCUT2D eigenvalue weighted by Gasteiger charge is 2.24. The van der Waals surface area contributed by atoms with Crippen molar-refractivity contribution < 1.29 is 13.2 Å². The Kier molecular flexibility index (Phi) is 3.51. The fourth-order valence-corrected chi connectivity index (χ4v) is 1.06. The molecule has 0 radical (unpaired) electrons. The molecule has 15 heavy (non-hydrogen) atoms. The van der Waals surface area contributed by atoms with E-state index >= 15 is 0 Å². The number of halogens is 3. The summed E-state index contributed by atoms with van der Waals surface area (Å²) in [6, 6.07) is 8.42. The van der Waals surface area contributed by atoms with Crippen LogP contribution in [0.3, 0.4) is 0 Å². The lowest BCUT2D eigenvalue weighted by Crippen LogP contribution is -2.03. The van der Waals surface area contributed by atoms with Crippen molar-refractivity contribution in [1.82, 2.24) is 0 Å². The van der Waals surface area contributed by atoms with Gasteiger partial charge in [0.25, 0.3) is 0 Å². The van der Waals surface area contributed by atoms with Crippen LogP contribution in [0.2, 0.25) is 0 Å². The molecule has 0 aromatic heterocycles. The molecular formula is C11H8F3N.